The van der Waals surface area contributed by atoms with Crippen LogP contribution < -0.4 is 0 Å². The fraction of sp³-hybridized carbons (Fsp3) is 0.333. The summed E-state index contributed by atoms with van der Waals surface area (Å²) >= 11 is 0. The molecule has 1 aromatic rings. The molecule has 1 nitrogen and oxygen atoms in total. The molecule has 0 amide bonds. The lowest BCUT2D eigenvalue weighted by Crippen LogP contribution is -2.27. The summed E-state index contributed by atoms with van der Waals surface area (Å²) in [7, 11) is 0. The van der Waals surface area contributed by atoms with Gasteiger partial charge in [-0.15, -0.1) is 0 Å². The highest BCUT2D eigenvalue weighted by molar-refractivity contribution is 5.29. The average molecular weight is 190 g/mol. The maximum atomic E-state index is 12.9. The van der Waals surface area contributed by atoms with Crippen molar-refractivity contribution < 1.29 is 18.3 Å². The molecule has 4 heteroatoms. The van der Waals surface area contributed by atoms with Gasteiger partial charge in [-0.1, -0.05) is 24.3 Å². The average Bonchev–Trinajstić information content (AvgIpc) is 2.04. The fourth-order valence-electron chi connectivity index (χ4n) is 1.08. The van der Waals surface area contributed by atoms with Crippen molar-refractivity contribution >= 4 is 0 Å². The van der Waals surface area contributed by atoms with Crippen molar-refractivity contribution in [2.75, 3.05) is 0 Å². The van der Waals surface area contributed by atoms with E-state index in [0.717, 1.165) is 6.07 Å². The summed E-state index contributed by atoms with van der Waals surface area (Å²) in [4.78, 5) is 0. The third kappa shape index (κ3) is 1.83. The van der Waals surface area contributed by atoms with Gasteiger partial charge in [0, 0.05) is 5.56 Å². The molecule has 0 heterocycles. The minimum Gasteiger partial charge on any atom is -0.359 e. The number of aryl methyl sites for hydroxylation is 1. The lowest BCUT2D eigenvalue weighted by atomic mass is 10.0. The van der Waals surface area contributed by atoms with Crippen LogP contribution in [-0.2, 0) is 5.92 Å². The first-order chi connectivity index (χ1) is 5.96. The second-order valence-electron chi connectivity index (χ2n) is 2.77. The fourth-order valence-corrected chi connectivity index (χ4v) is 1.08. The van der Waals surface area contributed by atoms with E-state index in [4.69, 9.17) is 5.11 Å². The third-order valence-electron chi connectivity index (χ3n) is 1.80. The highest BCUT2D eigenvalue weighted by Crippen LogP contribution is 2.34. The molecule has 0 bridgehead atoms. The van der Waals surface area contributed by atoms with Crippen molar-refractivity contribution in [3.05, 3.63) is 35.4 Å². The first kappa shape index (κ1) is 10.1. The molecule has 1 atom stereocenters. The lowest BCUT2D eigenvalue weighted by molar-refractivity contribution is -0.175. The van der Waals surface area contributed by atoms with Crippen molar-refractivity contribution in [3.63, 3.8) is 0 Å². The number of rotatable bonds is 2. The Kier molecular flexibility index (Phi) is 2.61. The van der Waals surface area contributed by atoms with Crippen LogP contribution in [0, 0.1) is 6.92 Å². The predicted octanol–water partition coefficient (Wildman–Crippen LogP) is 2.37. The minimum absolute atomic E-state index is 0.254. The highest BCUT2D eigenvalue weighted by atomic mass is 19.3. The molecule has 1 aromatic carbocycles. The van der Waals surface area contributed by atoms with Crippen molar-refractivity contribution in [3.8, 4) is 0 Å². The molecule has 72 valence electrons. The van der Waals surface area contributed by atoms with Crippen LogP contribution in [0.1, 0.15) is 11.1 Å². The summed E-state index contributed by atoms with van der Waals surface area (Å²) in [5, 5.41) is 8.24. The molecule has 0 fully saturated rings. The van der Waals surface area contributed by atoms with Gasteiger partial charge in [0.05, 0.1) is 0 Å². The smallest absolute Gasteiger partial charge is 0.327 e. The molecular formula is C9H9F3O. The topological polar surface area (TPSA) is 20.2 Å². The standard InChI is InChI=1S/C9H9F3O/c1-6-4-2-3-5-7(6)9(11,12)8(10)13/h2-5,8,13H,1H3. The van der Waals surface area contributed by atoms with Crippen molar-refractivity contribution in [2.45, 2.75) is 19.2 Å². The predicted molar refractivity (Wildman–Crippen MR) is 42.2 cm³/mol. The van der Waals surface area contributed by atoms with Gasteiger partial charge >= 0.3 is 5.92 Å². The summed E-state index contributed by atoms with van der Waals surface area (Å²) in [6.45, 7) is 1.44. The Morgan fingerprint density at radius 1 is 1.31 bits per heavy atom. The first-order valence-corrected chi connectivity index (χ1v) is 3.72. The van der Waals surface area contributed by atoms with E-state index in [1.54, 1.807) is 6.07 Å². The van der Waals surface area contributed by atoms with E-state index in [-0.39, 0.29) is 5.56 Å². The Bertz CT molecular complexity index is 297. The Morgan fingerprint density at radius 3 is 2.31 bits per heavy atom. The summed E-state index contributed by atoms with van der Waals surface area (Å²) in [6.07, 6.45) is -3.16. The van der Waals surface area contributed by atoms with Crippen LogP contribution in [0.25, 0.3) is 0 Å². The van der Waals surface area contributed by atoms with Gasteiger partial charge in [-0.2, -0.15) is 8.78 Å². The molecular weight excluding hydrogens is 181 g/mol. The van der Waals surface area contributed by atoms with Crippen LogP contribution in [0.5, 0.6) is 0 Å². The van der Waals surface area contributed by atoms with Crippen LogP contribution in [-0.4, -0.2) is 11.5 Å². The second kappa shape index (κ2) is 3.38. The van der Waals surface area contributed by atoms with Gasteiger partial charge in [0.1, 0.15) is 0 Å². The molecule has 0 saturated heterocycles. The summed E-state index contributed by atoms with van der Waals surface area (Å²) in [5.41, 5.74) is -0.228. The number of aliphatic hydroxyl groups excluding tert-OH is 1. The minimum atomic E-state index is -3.83. The van der Waals surface area contributed by atoms with Gasteiger partial charge < -0.3 is 5.11 Å². The Labute approximate surface area is 73.8 Å². The van der Waals surface area contributed by atoms with Gasteiger partial charge in [0.2, 0.25) is 0 Å². The van der Waals surface area contributed by atoms with Gasteiger partial charge in [0.25, 0.3) is 6.36 Å². The molecule has 13 heavy (non-hydrogen) atoms. The van der Waals surface area contributed by atoms with Crippen molar-refractivity contribution in [1.29, 1.82) is 0 Å². The summed E-state index contributed by atoms with van der Waals surface area (Å²) in [5.74, 6) is -3.83. The number of hydrogen-bond acceptors (Lipinski definition) is 1. The van der Waals surface area contributed by atoms with E-state index in [1.807, 2.05) is 0 Å². The second-order valence-corrected chi connectivity index (χ2v) is 2.77. The van der Waals surface area contributed by atoms with E-state index in [0.29, 0.717) is 0 Å². The van der Waals surface area contributed by atoms with Gasteiger partial charge in [-0.05, 0) is 12.5 Å². The van der Waals surface area contributed by atoms with Crippen LogP contribution in [0.4, 0.5) is 13.2 Å². The molecule has 0 aromatic heterocycles. The monoisotopic (exact) mass is 190 g/mol. The van der Waals surface area contributed by atoms with E-state index >= 15 is 0 Å². The molecule has 1 rings (SSSR count). The zero-order chi connectivity index (χ0) is 10.1. The summed E-state index contributed by atoms with van der Waals surface area (Å²) in [6, 6.07) is 5.47. The number of aliphatic hydroxyl groups is 1. The third-order valence-corrected chi connectivity index (χ3v) is 1.80. The van der Waals surface area contributed by atoms with Crippen molar-refractivity contribution in [1.82, 2.24) is 0 Å². The van der Waals surface area contributed by atoms with Gasteiger partial charge in [-0.3, -0.25) is 0 Å². The lowest BCUT2D eigenvalue weighted by Gasteiger charge is -2.18. The molecule has 0 saturated carbocycles. The molecule has 0 spiro atoms. The SMILES string of the molecule is Cc1ccccc1C(F)(F)C(O)F. The van der Waals surface area contributed by atoms with Crippen molar-refractivity contribution in [2.24, 2.45) is 0 Å². The molecule has 1 N–H and O–H groups in total. The molecule has 0 radical (unpaired) electrons. The number of benzene rings is 1. The van der Waals surface area contributed by atoms with Crippen LogP contribution >= 0.6 is 0 Å². The highest BCUT2D eigenvalue weighted by Gasteiger charge is 2.41. The Balaban J connectivity index is 3.14. The van der Waals surface area contributed by atoms with E-state index in [2.05, 4.69) is 0 Å². The van der Waals surface area contributed by atoms with E-state index in [1.165, 1.54) is 19.1 Å². The maximum absolute atomic E-state index is 12.9. The van der Waals surface area contributed by atoms with Gasteiger partial charge in [-0.25, -0.2) is 4.39 Å². The molecule has 0 aliphatic rings. The molecule has 0 aliphatic carbocycles. The first-order valence-electron chi connectivity index (χ1n) is 3.72. The van der Waals surface area contributed by atoms with Crippen LogP contribution in [0.15, 0.2) is 24.3 Å². The zero-order valence-corrected chi connectivity index (χ0v) is 6.97. The Morgan fingerprint density at radius 2 is 1.85 bits per heavy atom. The van der Waals surface area contributed by atoms with Crippen LogP contribution in [0.3, 0.4) is 0 Å². The number of alkyl halides is 3. The van der Waals surface area contributed by atoms with Crippen LogP contribution in [0.2, 0.25) is 0 Å². The van der Waals surface area contributed by atoms with Gasteiger partial charge in [0.15, 0.2) is 0 Å². The maximum Gasteiger partial charge on any atom is 0.327 e. The number of halogens is 3. The Hall–Kier alpha value is -1.03. The largest absolute Gasteiger partial charge is 0.359 e. The number of hydrogen-bond donors (Lipinski definition) is 1. The normalized spacial score (nSPS) is 14.2. The molecule has 1 unspecified atom stereocenters. The summed E-state index contributed by atoms with van der Waals surface area (Å²) < 4.78 is 38.0. The quantitative estimate of drug-likeness (QED) is 0.759. The zero-order valence-electron chi connectivity index (χ0n) is 6.97. The van der Waals surface area contributed by atoms with E-state index in [9.17, 15) is 13.2 Å². The molecule has 0 aliphatic heterocycles. The van der Waals surface area contributed by atoms with E-state index < -0.39 is 17.8 Å².